The van der Waals surface area contributed by atoms with Gasteiger partial charge >= 0.3 is 5.97 Å². The number of carbonyl (C=O) groups excluding carboxylic acids is 1. The van der Waals surface area contributed by atoms with Gasteiger partial charge in [0.2, 0.25) is 12.3 Å². The molecule has 5 unspecified atom stereocenters. The first kappa shape index (κ1) is 39.1. The quantitative estimate of drug-likeness (QED) is 0.132. The lowest BCUT2D eigenvalue weighted by atomic mass is 9.88. The van der Waals surface area contributed by atoms with Crippen molar-refractivity contribution in [1.82, 2.24) is 14.8 Å². The van der Waals surface area contributed by atoms with Crippen LogP contribution in [-0.4, -0.2) is 31.9 Å². The fraction of sp³-hybridized carbons (Fsp3) is 0.286. The minimum atomic E-state index is -1.03. The first-order valence-electron chi connectivity index (χ1n) is 17.1. The van der Waals surface area contributed by atoms with Gasteiger partial charge in [-0.25, -0.2) is 9.67 Å². The summed E-state index contributed by atoms with van der Waals surface area (Å²) in [6.07, 6.45) is 2.21. The number of aromatic nitrogens is 3. The van der Waals surface area contributed by atoms with Gasteiger partial charge in [0.15, 0.2) is 0 Å². The van der Waals surface area contributed by atoms with Crippen LogP contribution in [-0.2, 0) is 9.53 Å². The number of nitriles is 1. The summed E-state index contributed by atoms with van der Waals surface area (Å²) in [5.74, 6) is 0.959. The van der Waals surface area contributed by atoms with Gasteiger partial charge in [0.1, 0.15) is 46.6 Å². The summed E-state index contributed by atoms with van der Waals surface area (Å²) in [6.45, 7) is 9.76. The Morgan fingerprint density at radius 2 is 1.53 bits per heavy atom. The van der Waals surface area contributed by atoms with Crippen molar-refractivity contribution in [1.29, 1.82) is 5.26 Å². The zero-order valence-corrected chi connectivity index (χ0v) is 31.6. The Morgan fingerprint density at radius 3 is 2.11 bits per heavy atom. The summed E-state index contributed by atoms with van der Waals surface area (Å²) in [5, 5.41) is 24.4. The lowest BCUT2D eigenvalue weighted by Crippen LogP contribution is -2.38. The fourth-order valence-corrected chi connectivity index (χ4v) is 6.11. The van der Waals surface area contributed by atoms with E-state index in [0.717, 1.165) is 11.1 Å². The average molecular weight is 754 g/mol. The van der Waals surface area contributed by atoms with E-state index in [2.05, 4.69) is 22.2 Å². The molecule has 1 saturated carbocycles. The Kier molecular flexibility index (Phi) is 12.6. The molecular formula is C42H42Cl2N4O5. The number of hydrogen-bond donors (Lipinski definition) is 1. The Morgan fingerprint density at radius 1 is 0.906 bits per heavy atom. The van der Waals surface area contributed by atoms with Gasteiger partial charge < -0.3 is 19.3 Å². The predicted octanol–water partition coefficient (Wildman–Crippen LogP) is 10.1. The molecule has 0 amide bonds. The zero-order valence-electron chi connectivity index (χ0n) is 30.1. The fourth-order valence-electron chi connectivity index (χ4n) is 5.83. The maximum Gasteiger partial charge on any atom is 0.311 e. The lowest BCUT2D eigenvalue weighted by molar-refractivity contribution is -0.149. The van der Waals surface area contributed by atoms with Crippen molar-refractivity contribution in [2.75, 3.05) is 0 Å². The molecule has 6 rings (SSSR count). The number of ether oxygens (including phenoxy) is 3. The molecule has 274 valence electrons. The Bertz CT molecular complexity index is 2000. The molecule has 0 spiro atoms. The summed E-state index contributed by atoms with van der Waals surface area (Å²) >= 11 is 11.5. The number of halogens is 2. The minimum absolute atomic E-state index is 0.114. The van der Waals surface area contributed by atoms with Gasteiger partial charge in [0.05, 0.1) is 5.92 Å². The predicted molar refractivity (Wildman–Crippen MR) is 205 cm³/mol. The van der Waals surface area contributed by atoms with Crippen LogP contribution in [0.2, 0.25) is 0 Å². The van der Waals surface area contributed by atoms with E-state index in [1.807, 2.05) is 113 Å². The molecule has 0 saturated heterocycles. The van der Waals surface area contributed by atoms with Crippen molar-refractivity contribution in [3.8, 4) is 34.4 Å². The second kappa shape index (κ2) is 17.1. The van der Waals surface area contributed by atoms with Gasteiger partial charge in [-0.3, -0.25) is 4.79 Å². The van der Waals surface area contributed by atoms with Crippen LogP contribution in [0.5, 0.6) is 17.2 Å². The van der Waals surface area contributed by atoms with Gasteiger partial charge in [0.25, 0.3) is 0 Å². The molecule has 11 heteroatoms. The molecular weight excluding hydrogens is 711 g/mol. The molecule has 1 aliphatic carbocycles. The first-order chi connectivity index (χ1) is 25.3. The van der Waals surface area contributed by atoms with Gasteiger partial charge in [0, 0.05) is 5.56 Å². The largest absolute Gasteiger partial charge is 0.466 e. The maximum atomic E-state index is 12.6. The summed E-state index contributed by atoms with van der Waals surface area (Å²) < 4.78 is 19.0. The molecule has 5 atom stereocenters. The molecule has 1 N–H and O–H groups in total. The van der Waals surface area contributed by atoms with Crippen LogP contribution in [0.15, 0.2) is 132 Å². The van der Waals surface area contributed by atoms with Crippen LogP contribution < -0.4 is 9.47 Å². The molecule has 0 aliphatic heterocycles. The molecule has 1 heterocycles. The number of nitrogens with zero attached hydrogens (tertiary/aromatic N) is 4. The molecule has 4 aromatic carbocycles. The van der Waals surface area contributed by atoms with Gasteiger partial charge in [-0.2, -0.15) is 10.4 Å². The normalized spacial score (nSPS) is 17.4. The highest BCUT2D eigenvalue weighted by atomic mass is 35.5. The third kappa shape index (κ3) is 10.3. The number of carbonyl (C=O) groups is 1. The smallest absolute Gasteiger partial charge is 0.311 e. The zero-order chi connectivity index (χ0) is 38.2. The van der Waals surface area contributed by atoms with Gasteiger partial charge in [-0.1, -0.05) is 131 Å². The van der Waals surface area contributed by atoms with E-state index in [0.29, 0.717) is 22.8 Å². The second-order valence-corrected chi connectivity index (χ2v) is 15.3. The molecule has 1 fully saturated rings. The highest BCUT2D eigenvalue weighted by Gasteiger charge is 2.62. The summed E-state index contributed by atoms with van der Waals surface area (Å²) in [5.41, 5.74) is 2.13. The molecule has 53 heavy (non-hydrogen) atoms. The van der Waals surface area contributed by atoms with Crippen LogP contribution in [0.3, 0.4) is 0 Å². The molecule has 0 radical (unpaired) electrons. The monoisotopic (exact) mass is 752 g/mol. The third-order valence-corrected chi connectivity index (χ3v) is 9.29. The van der Waals surface area contributed by atoms with Crippen molar-refractivity contribution in [2.45, 2.75) is 53.1 Å². The molecule has 1 aromatic heterocycles. The standard InChI is InChI=1S/C22H19Cl2NO3.C20H23N3O2/c1-22(2)17(12-19(23)24)20(22)21(26)28-18(13-25)14-7-6-10-16(11-14)27-15-8-4-3-5-9-15;1-20(2,3)18(24)19(23-14-21-13-22-23)25-17-11-9-16(10-12-17)15-7-5-4-6-8-15/h3-12,17-18,20H,1-2H3;4-14,18-19,24H,1-3H3. The lowest BCUT2D eigenvalue weighted by Gasteiger charge is -2.32. The van der Waals surface area contributed by atoms with E-state index >= 15 is 0 Å². The maximum absolute atomic E-state index is 12.6. The van der Waals surface area contributed by atoms with Crippen molar-refractivity contribution in [3.63, 3.8) is 0 Å². The van der Waals surface area contributed by atoms with Gasteiger partial charge in [-0.15, -0.1) is 0 Å². The van der Waals surface area contributed by atoms with E-state index in [1.54, 1.807) is 41.4 Å². The summed E-state index contributed by atoms with van der Waals surface area (Å²) in [7, 11) is 0. The highest BCUT2D eigenvalue weighted by molar-refractivity contribution is 6.55. The number of esters is 1. The van der Waals surface area contributed by atoms with Crippen molar-refractivity contribution in [2.24, 2.45) is 22.7 Å². The van der Waals surface area contributed by atoms with Crippen LogP contribution in [0.1, 0.15) is 52.5 Å². The average Bonchev–Trinajstić information content (AvgIpc) is 3.43. The van der Waals surface area contributed by atoms with E-state index in [9.17, 15) is 15.2 Å². The Labute approximate surface area is 320 Å². The second-order valence-electron chi connectivity index (χ2n) is 14.3. The van der Waals surface area contributed by atoms with Gasteiger partial charge in [-0.05, 0) is 70.3 Å². The number of aliphatic hydroxyl groups excluding tert-OH is 1. The van der Waals surface area contributed by atoms with Crippen LogP contribution in [0, 0.1) is 34.0 Å². The summed E-state index contributed by atoms with van der Waals surface area (Å²) in [4.78, 5) is 16.6. The van der Waals surface area contributed by atoms with Crippen LogP contribution in [0.25, 0.3) is 11.1 Å². The molecule has 1 aliphatic rings. The molecule has 9 nitrogen and oxygen atoms in total. The van der Waals surface area contributed by atoms with Crippen molar-refractivity contribution < 1.29 is 24.1 Å². The van der Waals surface area contributed by atoms with Crippen LogP contribution >= 0.6 is 23.2 Å². The number of rotatable bonds is 11. The SMILES string of the molecule is CC(C)(C)C(O)C(Oc1ccc(-c2ccccc2)cc1)n1cncn1.CC1(C)C(C=C(Cl)Cl)C1C(=O)OC(C#N)c1cccc(Oc2ccccc2)c1. The van der Waals surface area contributed by atoms with Crippen LogP contribution in [0.4, 0.5) is 0 Å². The van der Waals surface area contributed by atoms with E-state index in [-0.39, 0.29) is 27.2 Å². The minimum Gasteiger partial charge on any atom is -0.466 e. The van der Waals surface area contributed by atoms with E-state index in [4.69, 9.17) is 37.4 Å². The first-order valence-corrected chi connectivity index (χ1v) is 17.8. The highest BCUT2D eigenvalue weighted by Crippen LogP contribution is 2.60. The summed E-state index contributed by atoms with van der Waals surface area (Å²) in [6, 6.07) is 36.3. The van der Waals surface area contributed by atoms with E-state index < -0.39 is 24.4 Å². The number of aliphatic hydroxyl groups is 1. The number of allylic oxidation sites excluding steroid dienone is 1. The van der Waals surface area contributed by atoms with Crippen molar-refractivity contribution in [3.05, 3.63) is 138 Å². The number of benzene rings is 4. The number of hydrogen-bond acceptors (Lipinski definition) is 8. The number of para-hydroxylation sites is 1. The Balaban J connectivity index is 0.000000206. The van der Waals surface area contributed by atoms with E-state index in [1.165, 1.54) is 6.33 Å². The molecule has 0 bridgehead atoms. The molecule has 5 aromatic rings. The third-order valence-electron chi connectivity index (χ3n) is 9.03. The topological polar surface area (TPSA) is 119 Å². The van der Waals surface area contributed by atoms with Crippen molar-refractivity contribution >= 4 is 29.2 Å². The Hall–Kier alpha value is -5.14.